The predicted octanol–water partition coefficient (Wildman–Crippen LogP) is 2.40. The molecule has 2 amide bonds. The van der Waals surface area contributed by atoms with E-state index < -0.39 is 0 Å². The lowest BCUT2D eigenvalue weighted by Gasteiger charge is -2.32. The normalized spacial score (nSPS) is 16.9. The largest absolute Gasteiger partial charge is 0.493 e. The molecule has 0 radical (unpaired) electrons. The Kier molecular flexibility index (Phi) is 7.75. The van der Waals surface area contributed by atoms with Gasteiger partial charge in [0, 0.05) is 26.1 Å². The zero-order chi connectivity index (χ0) is 18.9. The second-order valence-corrected chi connectivity index (χ2v) is 6.66. The van der Waals surface area contributed by atoms with E-state index in [0.29, 0.717) is 31.0 Å². The first kappa shape index (κ1) is 20.1. The number of benzene rings is 1. The van der Waals surface area contributed by atoms with Gasteiger partial charge in [-0.05, 0) is 43.4 Å². The molecule has 0 saturated carbocycles. The second-order valence-electron chi connectivity index (χ2n) is 6.66. The number of hydrogen-bond donors (Lipinski definition) is 1. The Bertz CT molecular complexity index is 618. The van der Waals surface area contributed by atoms with Gasteiger partial charge in [-0.15, -0.1) is 0 Å². The number of ether oxygens (including phenoxy) is 2. The van der Waals surface area contributed by atoms with Crippen LogP contribution in [-0.4, -0.2) is 50.6 Å². The molecule has 1 aromatic rings. The molecule has 0 unspecified atom stereocenters. The summed E-state index contributed by atoms with van der Waals surface area (Å²) in [4.78, 5) is 26.3. The quantitative estimate of drug-likeness (QED) is 0.771. The molecular formula is C20H30N2O4. The van der Waals surface area contributed by atoms with Crippen molar-refractivity contribution in [3.63, 3.8) is 0 Å². The molecule has 0 bridgehead atoms. The van der Waals surface area contributed by atoms with Crippen molar-refractivity contribution in [2.75, 3.05) is 33.9 Å². The first-order valence-electron chi connectivity index (χ1n) is 9.35. The van der Waals surface area contributed by atoms with Crippen molar-refractivity contribution in [3.8, 4) is 11.5 Å². The molecule has 26 heavy (non-hydrogen) atoms. The van der Waals surface area contributed by atoms with Crippen molar-refractivity contribution in [1.82, 2.24) is 10.2 Å². The summed E-state index contributed by atoms with van der Waals surface area (Å²) in [6.07, 6.45) is 3.86. The van der Waals surface area contributed by atoms with Crippen LogP contribution in [0, 0.1) is 5.92 Å². The average molecular weight is 362 g/mol. The highest BCUT2D eigenvalue weighted by atomic mass is 16.5. The summed E-state index contributed by atoms with van der Waals surface area (Å²) in [7, 11) is 3.22. The number of nitrogens with zero attached hydrogens (tertiary/aromatic N) is 1. The zero-order valence-electron chi connectivity index (χ0n) is 16.0. The van der Waals surface area contributed by atoms with E-state index in [2.05, 4.69) is 5.32 Å². The summed E-state index contributed by atoms with van der Waals surface area (Å²) in [6.45, 7) is 3.88. The molecule has 1 atom stereocenters. The smallest absolute Gasteiger partial charge is 0.224 e. The van der Waals surface area contributed by atoms with Gasteiger partial charge >= 0.3 is 0 Å². The molecule has 1 aliphatic heterocycles. The van der Waals surface area contributed by atoms with Gasteiger partial charge in [0.2, 0.25) is 11.8 Å². The molecule has 1 aromatic carbocycles. The van der Waals surface area contributed by atoms with Crippen LogP contribution in [0.1, 0.15) is 38.2 Å². The number of methoxy groups -OCH3 is 2. The van der Waals surface area contributed by atoms with Crippen molar-refractivity contribution < 1.29 is 19.1 Å². The van der Waals surface area contributed by atoms with Crippen LogP contribution in [0.3, 0.4) is 0 Å². The van der Waals surface area contributed by atoms with Crippen LogP contribution in [0.5, 0.6) is 11.5 Å². The van der Waals surface area contributed by atoms with Crippen molar-refractivity contribution in [2.24, 2.45) is 5.92 Å². The van der Waals surface area contributed by atoms with Crippen LogP contribution in [0.2, 0.25) is 0 Å². The van der Waals surface area contributed by atoms with Gasteiger partial charge in [0.05, 0.1) is 20.1 Å². The Morgan fingerprint density at radius 1 is 1.23 bits per heavy atom. The molecule has 6 heteroatoms. The minimum atomic E-state index is -0.102. The SMILES string of the molecule is CCCC(=O)N1CCC[C@@H](C(=O)NCCc2ccc(OC)c(OC)c2)C1. The van der Waals surface area contributed by atoms with Gasteiger partial charge in [-0.2, -0.15) is 0 Å². The lowest BCUT2D eigenvalue weighted by Crippen LogP contribution is -2.45. The average Bonchev–Trinajstić information content (AvgIpc) is 2.68. The van der Waals surface area contributed by atoms with Gasteiger partial charge < -0.3 is 19.7 Å². The maximum Gasteiger partial charge on any atom is 0.224 e. The number of carbonyl (C=O) groups is 2. The van der Waals surface area contributed by atoms with Crippen LogP contribution in [-0.2, 0) is 16.0 Å². The van der Waals surface area contributed by atoms with Gasteiger partial charge in [-0.25, -0.2) is 0 Å². The van der Waals surface area contributed by atoms with Gasteiger partial charge in [0.1, 0.15) is 0 Å². The summed E-state index contributed by atoms with van der Waals surface area (Å²) in [5.41, 5.74) is 1.08. The molecule has 2 rings (SSSR count). The molecule has 0 aliphatic carbocycles. The fraction of sp³-hybridized carbons (Fsp3) is 0.600. The minimum absolute atomic E-state index is 0.0412. The van der Waals surface area contributed by atoms with Crippen molar-refractivity contribution >= 4 is 11.8 Å². The monoisotopic (exact) mass is 362 g/mol. The molecule has 1 fully saturated rings. The predicted molar refractivity (Wildman–Crippen MR) is 100 cm³/mol. The second kappa shape index (κ2) is 10.0. The summed E-state index contributed by atoms with van der Waals surface area (Å²) in [6, 6.07) is 5.77. The van der Waals surface area contributed by atoms with Gasteiger partial charge in [-0.3, -0.25) is 9.59 Å². The maximum atomic E-state index is 12.4. The highest BCUT2D eigenvalue weighted by molar-refractivity contribution is 5.81. The van der Waals surface area contributed by atoms with Crippen LogP contribution in [0.25, 0.3) is 0 Å². The van der Waals surface area contributed by atoms with E-state index in [1.165, 1.54) is 0 Å². The Morgan fingerprint density at radius 2 is 2.00 bits per heavy atom. The minimum Gasteiger partial charge on any atom is -0.493 e. The Morgan fingerprint density at radius 3 is 2.69 bits per heavy atom. The van der Waals surface area contributed by atoms with Gasteiger partial charge in [-0.1, -0.05) is 13.0 Å². The van der Waals surface area contributed by atoms with Gasteiger partial charge in [0.15, 0.2) is 11.5 Å². The lowest BCUT2D eigenvalue weighted by molar-refractivity contribution is -0.135. The van der Waals surface area contributed by atoms with Crippen LogP contribution >= 0.6 is 0 Å². The highest BCUT2D eigenvalue weighted by Gasteiger charge is 2.27. The molecule has 1 saturated heterocycles. The molecule has 0 spiro atoms. The number of likely N-dealkylation sites (tertiary alicyclic amines) is 1. The summed E-state index contributed by atoms with van der Waals surface area (Å²) in [5.74, 6) is 1.48. The van der Waals surface area contributed by atoms with E-state index in [-0.39, 0.29) is 17.7 Å². The molecule has 1 heterocycles. The Labute approximate surface area is 155 Å². The van der Waals surface area contributed by atoms with E-state index in [1.54, 1.807) is 14.2 Å². The Balaban J connectivity index is 1.82. The number of nitrogens with one attached hydrogen (secondary N) is 1. The van der Waals surface area contributed by atoms with Gasteiger partial charge in [0.25, 0.3) is 0 Å². The third-order valence-electron chi connectivity index (χ3n) is 4.77. The molecule has 144 valence electrons. The third-order valence-corrected chi connectivity index (χ3v) is 4.77. The summed E-state index contributed by atoms with van der Waals surface area (Å²) >= 11 is 0. The first-order valence-corrected chi connectivity index (χ1v) is 9.35. The topological polar surface area (TPSA) is 67.9 Å². The van der Waals surface area contributed by atoms with Crippen molar-refractivity contribution in [2.45, 2.75) is 39.0 Å². The lowest BCUT2D eigenvalue weighted by atomic mass is 9.96. The maximum absolute atomic E-state index is 12.4. The van der Waals surface area contributed by atoms with E-state index in [0.717, 1.165) is 37.8 Å². The van der Waals surface area contributed by atoms with Crippen molar-refractivity contribution in [3.05, 3.63) is 23.8 Å². The molecule has 6 nitrogen and oxygen atoms in total. The summed E-state index contributed by atoms with van der Waals surface area (Å²) < 4.78 is 10.5. The Hall–Kier alpha value is -2.24. The first-order chi connectivity index (χ1) is 12.6. The number of piperidine rings is 1. The number of amides is 2. The zero-order valence-corrected chi connectivity index (χ0v) is 16.0. The standard InChI is InChI=1S/C20H30N2O4/c1-4-6-19(23)22-12-5-7-16(14-22)20(24)21-11-10-15-8-9-17(25-2)18(13-15)26-3/h8-9,13,16H,4-7,10-12,14H2,1-3H3,(H,21,24)/t16-/m1/s1. The molecular weight excluding hydrogens is 332 g/mol. The number of rotatable bonds is 8. The highest BCUT2D eigenvalue weighted by Crippen LogP contribution is 2.27. The number of carbonyl (C=O) groups excluding carboxylic acids is 2. The molecule has 1 N–H and O–H groups in total. The molecule has 0 aromatic heterocycles. The molecule has 1 aliphatic rings. The van der Waals surface area contributed by atoms with E-state index in [1.807, 2.05) is 30.0 Å². The van der Waals surface area contributed by atoms with Crippen molar-refractivity contribution in [1.29, 1.82) is 0 Å². The van der Waals surface area contributed by atoms with E-state index in [4.69, 9.17) is 9.47 Å². The fourth-order valence-corrected chi connectivity index (χ4v) is 3.30. The van der Waals surface area contributed by atoms with Crippen LogP contribution < -0.4 is 14.8 Å². The van der Waals surface area contributed by atoms with E-state index in [9.17, 15) is 9.59 Å². The third kappa shape index (κ3) is 5.38. The summed E-state index contributed by atoms with van der Waals surface area (Å²) in [5, 5.41) is 3.01. The van der Waals surface area contributed by atoms with Crippen LogP contribution in [0.4, 0.5) is 0 Å². The van der Waals surface area contributed by atoms with Crippen LogP contribution in [0.15, 0.2) is 18.2 Å². The number of hydrogen-bond acceptors (Lipinski definition) is 4. The fourth-order valence-electron chi connectivity index (χ4n) is 3.30. The van der Waals surface area contributed by atoms with E-state index >= 15 is 0 Å².